The fourth-order valence-electron chi connectivity index (χ4n) is 1.44. The van der Waals surface area contributed by atoms with Crippen molar-refractivity contribution in [1.82, 2.24) is 5.32 Å². The third kappa shape index (κ3) is 3.90. The van der Waals surface area contributed by atoms with Crippen molar-refractivity contribution in [2.24, 2.45) is 17.4 Å². The Labute approximate surface area is 91.9 Å². The van der Waals surface area contributed by atoms with E-state index in [9.17, 15) is 0 Å². The van der Waals surface area contributed by atoms with Gasteiger partial charge in [0.05, 0.1) is 6.17 Å². The van der Waals surface area contributed by atoms with Crippen molar-refractivity contribution in [1.29, 1.82) is 0 Å². The van der Waals surface area contributed by atoms with Crippen LogP contribution in [0.25, 0.3) is 0 Å². The van der Waals surface area contributed by atoms with Crippen molar-refractivity contribution in [3.05, 3.63) is 35.7 Å². The summed E-state index contributed by atoms with van der Waals surface area (Å²) in [6.45, 7) is 4.18. The van der Waals surface area contributed by atoms with E-state index in [1.165, 1.54) is 11.3 Å². The summed E-state index contributed by atoms with van der Waals surface area (Å²) >= 11 is 0. The molecule has 0 spiro atoms. The Kier molecular flexibility index (Phi) is 4.59. The van der Waals surface area contributed by atoms with Gasteiger partial charge in [-0.05, 0) is 37.3 Å². The van der Waals surface area contributed by atoms with E-state index in [0.717, 1.165) is 12.8 Å². The molecule has 15 heavy (non-hydrogen) atoms. The minimum atomic E-state index is -0.209. The highest BCUT2D eigenvalue weighted by molar-refractivity contribution is 5.35. The van der Waals surface area contributed by atoms with Gasteiger partial charge in [-0.3, -0.25) is 0 Å². The van der Waals surface area contributed by atoms with Crippen LogP contribution in [0.3, 0.4) is 0 Å². The number of rotatable bonds is 4. The van der Waals surface area contributed by atoms with Gasteiger partial charge in [0.1, 0.15) is 0 Å². The molecule has 1 aliphatic heterocycles. The molecule has 0 saturated heterocycles. The largest absolute Gasteiger partial charge is 0.362 e. The lowest BCUT2D eigenvalue weighted by molar-refractivity contribution is 0.439. The quantitative estimate of drug-likeness (QED) is 0.613. The van der Waals surface area contributed by atoms with Crippen LogP contribution in [0.5, 0.6) is 0 Å². The van der Waals surface area contributed by atoms with Crippen LogP contribution in [0.4, 0.5) is 0 Å². The zero-order valence-electron chi connectivity index (χ0n) is 9.53. The molecule has 0 aromatic heterocycles. The second-order valence-electron chi connectivity index (χ2n) is 4.10. The first-order chi connectivity index (χ1) is 7.11. The monoisotopic (exact) mass is 207 g/mol. The summed E-state index contributed by atoms with van der Waals surface area (Å²) in [5, 5.41) is 3.22. The lowest BCUT2D eigenvalue weighted by atomic mass is 10.0. The first kappa shape index (κ1) is 12.0. The van der Waals surface area contributed by atoms with Crippen LogP contribution in [0, 0.1) is 5.92 Å². The number of hydrogen-bond acceptors (Lipinski definition) is 3. The predicted octanol–water partition coefficient (Wildman–Crippen LogP) is 1.59. The molecule has 0 radical (unpaired) electrons. The number of dihydropyridines is 1. The minimum absolute atomic E-state index is 0.209. The van der Waals surface area contributed by atoms with Gasteiger partial charge in [0, 0.05) is 11.9 Å². The van der Waals surface area contributed by atoms with Crippen LogP contribution in [-0.4, -0.2) is 6.17 Å². The maximum absolute atomic E-state index is 5.60. The zero-order valence-corrected chi connectivity index (χ0v) is 9.53. The normalized spacial score (nSPS) is 20.3. The maximum atomic E-state index is 5.60. The molecule has 0 bridgehead atoms. The molecule has 1 aliphatic rings. The summed E-state index contributed by atoms with van der Waals surface area (Å²) < 4.78 is 0. The fraction of sp³-hybridized carbons (Fsp3) is 0.500. The summed E-state index contributed by atoms with van der Waals surface area (Å²) in [7, 11) is 0. The van der Waals surface area contributed by atoms with E-state index in [4.69, 9.17) is 11.5 Å². The zero-order chi connectivity index (χ0) is 11.3. The van der Waals surface area contributed by atoms with Crippen LogP contribution in [-0.2, 0) is 0 Å². The SMILES string of the molecule is CC1=CC=CN/C1=C\CCC(C)C(N)N. The van der Waals surface area contributed by atoms with Gasteiger partial charge < -0.3 is 16.8 Å². The van der Waals surface area contributed by atoms with Gasteiger partial charge in [-0.25, -0.2) is 0 Å². The van der Waals surface area contributed by atoms with Crippen LogP contribution in [0.15, 0.2) is 35.7 Å². The van der Waals surface area contributed by atoms with Gasteiger partial charge in [-0.1, -0.05) is 19.1 Å². The van der Waals surface area contributed by atoms with Crippen molar-refractivity contribution in [2.75, 3.05) is 0 Å². The van der Waals surface area contributed by atoms with E-state index in [-0.39, 0.29) is 6.17 Å². The average Bonchev–Trinajstić information content (AvgIpc) is 2.20. The second-order valence-corrected chi connectivity index (χ2v) is 4.10. The standard InChI is InChI=1S/C12H21N3/c1-9-6-4-8-15-11(9)7-3-5-10(2)12(13)14/h4,6-8,10,12,15H,3,5,13-14H2,1-2H3/b11-7-. The van der Waals surface area contributed by atoms with E-state index >= 15 is 0 Å². The van der Waals surface area contributed by atoms with Crippen molar-refractivity contribution >= 4 is 0 Å². The Morgan fingerprint density at radius 2 is 2.20 bits per heavy atom. The Hall–Kier alpha value is -1.06. The number of nitrogens with two attached hydrogens (primary N) is 2. The number of hydrogen-bond donors (Lipinski definition) is 3. The summed E-state index contributed by atoms with van der Waals surface area (Å²) in [4.78, 5) is 0. The van der Waals surface area contributed by atoms with Crippen LogP contribution in [0.1, 0.15) is 26.7 Å². The van der Waals surface area contributed by atoms with Crippen molar-refractivity contribution in [2.45, 2.75) is 32.9 Å². The smallest absolute Gasteiger partial charge is 0.0547 e. The third-order valence-electron chi connectivity index (χ3n) is 2.73. The van der Waals surface area contributed by atoms with E-state index in [0.29, 0.717) is 5.92 Å². The van der Waals surface area contributed by atoms with E-state index in [2.05, 4.69) is 31.3 Å². The van der Waals surface area contributed by atoms with Crippen LogP contribution >= 0.6 is 0 Å². The van der Waals surface area contributed by atoms with Gasteiger partial charge in [0.15, 0.2) is 0 Å². The number of nitrogens with one attached hydrogen (secondary N) is 1. The Bertz CT molecular complexity index is 287. The highest BCUT2D eigenvalue weighted by Gasteiger charge is 2.07. The molecule has 0 aliphatic carbocycles. The van der Waals surface area contributed by atoms with Crippen molar-refractivity contribution in [3.63, 3.8) is 0 Å². The molecule has 1 unspecified atom stereocenters. The Morgan fingerprint density at radius 3 is 2.80 bits per heavy atom. The molecule has 1 atom stereocenters. The molecule has 0 aromatic carbocycles. The first-order valence-corrected chi connectivity index (χ1v) is 5.43. The predicted molar refractivity (Wildman–Crippen MR) is 64.7 cm³/mol. The molecular weight excluding hydrogens is 186 g/mol. The molecule has 0 saturated carbocycles. The molecule has 0 amide bonds. The van der Waals surface area contributed by atoms with Crippen molar-refractivity contribution < 1.29 is 0 Å². The molecule has 3 heteroatoms. The number of allylic oxidation sites excluding steroid dienone is 4. The average molecular weight is 207 g/mol. The summed E-state index contributed by atoms with van der Waals surface area (Å²) in [5.74, 6) is 0.366. The van der Waals surface area contributed by atoms with Gasteiger partial charge >= 0.3 is 0 Å². The van der Waals surface area contributed by atoms with E-state index in [1.54, 1.807) is 0 Å². The molecule has 0 aromatic rings. The lowest BCUT2D eigenvalue weighted by Crippen LogP contribution is -2.37. The molecule has 1 rings (SSSR count). The maximum Gasteiger partial charge on any atom is 0.0547 e. The molecule has 84 valence electrons. The van der Waals surface area contributed by atoms with Crippen LogP contribution < -0.4 is 16.8 Å². The fourth-order valence-corrected chi connectivity index (χ4v) is 1.44. The lowest BCUT2D eigenvalue weighted by Gasteiger charge is -2.15. The molecule has 3 nitrogen and oxygen atoms in total. The van der Waals surface area contributed by atoms with E-state index < -0.39 is 0 Å². The van der Waals surface area contributed by atoms with Crippen molar-refractivity contribution in [3.8, 4) is 0 Å². The first-order valence-electron chi connectivity index (χ1n) is 5.43. The molecular formula is C12H21N3. The third-order valence-corrected chi connectivity index (χ3v) is 2.73. The van der Waals surface area contributed by atoms with Gasteiger partial charge in [-0.2, -0.15) is 0 Å². The molecule has 0 fully saturated rings. The van der Waals surface area contributed by atoms with E-state index in [1.807, 2.05) is 12.3 Å². The molecule has 1 heterocycles. The Morgan fingerprint density at radius 1 is 1.47 bits per heavy atom. The second kappa shape index (κ2) is 5.73. The summed E-state index contributed by atoms with van der Waals surface area (Å²) in [6.07, 6.45) is 10.1. The Balaban J connectivity index is 2.39. The summed E-state index contributed by atoms with van der Waals surface area (Å²) in [5.41, 5.74) is 13.7. The highest BCUT2D eigenvalue weighted by Crippen LogP contribution is 2.13. The summed E-state index contributed by atoms with van der Waals surface area (Å²) in [6, 6.07) is 0. The minimum Gasteiger partial charge on any atom is -0.362 e. The van der Waals surface area contributed by atoms with Gasteiger partial charge in [-0.15, -0.1) is 0 Å². The van der Waals surface area contributed by atoms with Gasteiger partial charge in [0.25, 0.3) is 0 Å². The van der Waals surface area contributed by atoms with Crippen LogP contribution in [0.2, 0.25) is 0 Å². The topological polar surface area (TPSA) is 64.1 Å². The van der Waals surface area contributed by atoms with Gasteiger partial charge in [0.2, 0.25) is 0 Å². The molecule has 5 N–H and O–H groups in total. The highest BCUT2D eigenvalue weighted by atomic mass is 14.9.